The van der Waals surface area contributed by atoms with Crippen molar-refractivity contribution in [1.29, 1.82) is 0 Å². The summed E-state index contributed by atoms with van der Waals surface area (Å²) in [7, 11) is 0. The number of pyridine rings is 1. The molecule has 0 aliphatic carbocycles. The van der Waals surface area contributed by atoms with Gasteiger partial charge in [0.15, 0.2) is 0 Å². The van der Waals surface area contributed by atoms with Crippen LogP contribution in [0.2, 0.25) is 0 Å². The molecule has 0 bridgehead atoms. The van der Waals surface area contributed by atoms with E-state index in [4.69, 9.17) is 0 Å². The summed E-state index contributed by atoms with van der Waals surface area (Å²) in [5.74, 6) is 0.0223. The van der Waals surface area contributed by atoms with E-state index in [0.717, 1.165) is 30.9 Å². The number of hydrogen-bond donors (Lipinski definition) is 2. The Bertz CT molecular complexity index is 702. The summed E-state index contributed by atoms with van der Waals surface area (Å²) in [6.07, 6.45) is 3.66. The van der Waals surface area contributed by atoms with Gasteiger partial charge in [-0.15, -0.1) is 0 Å². The Morgan fingerprint density at radius 2 is 2.21 bits per heavy atom. The molecule has 1 aromatic carbocycles. The minimum absolute atomic E-state index is 0.0223. The largest absolute Gasteiger partial charge is 0.325 e. The van der Waals surface area contributed by atoms with Crippen molar-refractivity contribution >= 4 is 11.6 Å². The number of anilines is 1. The fraction of sp³-hybridized carbons (Fsp3) is 0.368. The zero-order valence-electron chi connectivity index (χ0n) is 14.2. The van der Waals surface area contributed by atoms with Crippen molar-refractivity contribution in [3.8, 4) is 0 Å². The molecule has 2 aromatic rings. The van der Waals surface area contributed by atoms with E-state index in [1.807, 2.05) is 30.5 Å². The number of amides is 1. The predicted molar refractivity (Wildman–Crippen MR) is 96.0 cm³/mol. The summed E-state index contributed by atoms with van der Waals surface area (Å²) < 4.78 is 0. The highest BCUT2D eigenvalue weighted by Gasteiger charge is 2.25. The minimum atomic E-state index is 0.0223. The van der Waals surface area contributed by atoms with Gasteiger partial charge in [0.05, 0.1) is 6.54 Å². The molecule has 0 spiro atoms. The van der Waals surface area contributed by atoms with Crippen LogP contribution in [0.5, 0.6) is 0 Å². The average Bonchev–Trinajstić information content (AvgIpc) is 2.59. The molecular formula is C19H24N4O. The summed E-state index contributed by atoms with van der Waals surface area (Å²) in [6.45, 7) is 7.09. The lowest BCUT2D eigenvalue weighted by Gasteiger charge is -2.35. The molecule has 1 unspecified atom stereocenters. The number of carbonyl (C=O) groups excluding carboxylic acids is 1. The monoisotopic (exact) mass is 324 g/mol. The van der Waals surface area contributed by atoms with Crippen LogP contribution in [0.4, 0.5) is 5.69 Å². The average molecular weight is 324 g/mol. The summed E-state index contributed by atoms with van der Waals surface area (Å²) in [5, 5.41) is 6.41. The Morgan fingerprint density at radius 3 is 2.96 bits per heavy atom. The standard InChI is InChI=1S/C19H24N4O/c1-14-5-6-17(10-15(14)2)22-19(24)13-23-9-8-21-12-18(23)16-4-3-7-20-11-16/h3-7,10-11,18,21H,8-9,12-13H2,1-2H3,(H,22,24). The van der Waals surface area contributed by atoms with Crippen molar-refractivity contribution in [3.63, 3.8) is 0 Å². The van der Waals surface area contributed by atoms with Crippen molar-refractivity contribution in [2.75, 3.05) is 31.5 Å². The van der Waals surface area contributed by atoms with Crippen molar-refractivity contribution in [2.24, 2.45) is 0 Å². The Morgan fingerprint density at radius 1 is 1.33 bits per heavy atom. The zero-order chi connectivity index (χ0) is 16.9. The van der Waals surface area contributed by atoms with Gasteiger partial charge in [0.1, 0.15) is 0 Å². The molecule has 0 radical (unpaired) electrons. The SMILES string of the molecule is Cc1ccc(NC(=O)CN2CCNCC2c2cccnc2)cc1C. The number of nitrogens with one attached hydrogen (secondary N) is 2. The van der Waals surface area contributed by atoms with Gasteiger partial charge in [-0.25, -0.2) is 0 Å². The van der Waals surface area contributed by atoms with E-state index >= 15 is 0 Å². The fourth-order valence-corrected chi connectivity index (χ4v) is 3.04. The van der Waals surface area contributed by atoms with Crippen LogP contribution >= 0.6 is 0 Å². The molecule has 24 heavy (non-hydrogen) atoms. The topological polar surface area (TPSA) is 57.3 Å². The molecule has 5 nitrogen and oxygen atoms in total. The summed E-state index contributed by atoms with van der Waals surface area (Å²) in [6, 6.07) is 10.2. The first-order valence-corrected chi connectivity index (χ1v) is 8.35. The number of aryl methyl sites for hydroxylation is 2. The van der Waals surface area contributed by atoms with E-state index < -0.39 is 0 Å². The number of benzene rings is 1. The van der Waals surface area contributed by atoms with Crippen molar-refractivity contribution < 1.29 is 4.79 Å². The minimum Gasteiger partial charge on any atom is -0.325 e. The Labute approximate surface area is 143 Å². The van der Waals surface area contributed by atoms with Gasteiger partial charge in [-0.3, -0.25) is 14.7 Å². The second-order valence-corrected chi connectivity index (χ2v) is 6.32. The molecule has 1 aliphatic heterocycles. The third-order valence-electron chi connectivity index (χ3n) is 4.56. The lowest BCUT2D eigenvalue weighted by atomic mass is 10.1. The van der Waals surface area contributed by atoms with Gasteiger partial charge in [-0.05, 0) is 48.7 Å². The molecule has 1 saturated heterocycles. The fourth-order valence-electron chi connectivity index (χ4n) is 3.04. The van der Waals surface area contributed by atoms with Crippen LogP contribution < -0.4 is 10.6 Å². The number of nitrogens with zero attached hydrogens (tertiary/aromatic N) is 2. The van der Waals surface area contributed by atoms with E-state index in [2.05, 4.69) is 40.4 Å². The van der Waals surface area contributed by atoms with Crippen molar-refractivity contribution in [3.05, 3.63) is 59.4 Å². The Kier molecular flexibility index (Phi) is 5.23. The predicted octanol–water partition coefficient (Wildman–Crippen LogP) is 2.28. The third kappa shape index (κ3) is 3.99. The molecule has 2 N–H and O–H groups in total. The Balaban J connectivity index is 1.66. The van der Waals surface area contributed by atoms with Gasteiger partial charge >= 0.3 is 0 Å². The second kappa shape index (κ2) is 7.55. The molecule has 1 amide bonds. The van der Waals surface area contributed by atoms with Crippen LogP contribution in [0.15, 0.2) is 42.7 Å². The van der Waals surface area contributed by atoms with Crippen LogP contribution in [0.25, 0.3) is 0 Å². The molecule has 1 aromatic heterocycles. The maximum Gasteiger partial charge on any atom is 0.238 e. The quantitative estimate of drug-likeness (QED) is 0.906. The van der Waals surface area contributed by atoms with Gasteiger partial charge in [-0.1, -0.05) is 12.1 Å². The van der Waals surface area contributed by atoms with Gasteiger partial charge in [0.2, 0.25) is 5.91 Å². The summed E-state index contributed by atoms with van der Waals surface area (Å²) in [4.78, 5) is 18.9. The number of carbonyl (C=O) groups is 1. The molecule has 3 rings (SSSR count). The highest BCUT2D eigenvalue weighted by atomic mass is 16.2. The Hall–Kier alpha value is -2.24. The first kappa shape index (κ1) is 16.6. The maximum absolute atomic E-state index is 12.5. The van der Waals surface area contributed by atoms with Gasteiger partial charge in [-0.2, -0.15) is 0 Å². The van der Waals surface area contributed by atoms with Crippen LogP contribution in [0, 0.1) is 13.8 Å². The molecule has 126 valence electrons. The highest BCUT2D eigenvalue weighted by molar-refractivity contribution is 5.92. The first-order valence-electron chi connectivity index (χ1n) is 8.35. The van der Waals surface area contributed by atoms with E-state index in [-0.39, 0.29) is 11.9 Å². The normalized spacial score (nSPS) is 18.3. The van der Waals surface area contributed by atoms with E-state index in [1.165, 1.54) is 11.1 Å². The molecule has 1 atom stereocenters. The molecule has 2 heterocycles. The second-order valence-electron chi connectivity index (χ2n) is 6.32. The summed E-state index contributed by atoms with van der Waals surface area (Å²) >= 11 is 0. The number of piperazine rings is 1. The number of rotatable bonds is 4. The van der Waals surface area contributed by atoms with Crippen LogP contribution in [-0.4, -0.2) is 42.0 Å². The van der Waals surface area contributed by atoms with E-state index in [1.54, 1.807) is 6.20 Å². The lowest BCUT2D eigenvalue weighted by Crippen LogP contribution is -2.48. The first-order chi connectivity index (χ1) is 11.6. The number of hydrogen-bond acceptors (Lipinski definition) is 4. The number of aromatic nitrogens is 1. The van der Waals surface area contributed by atoms with Gasteiger partial charge in [0.25, 0.3) is 0 Å². The van der Waals surface area contributed by atoms with Crippen LogP contribution in [0.1, 0.15) is 22.7 Å². The van der Waals surface area contributed by atoms with Crippen LogP contribution in [-0.2, 0) is 4.79 Å². The lowest BCUT2D eigenvalue weighted by molar-refractivity contribution is -0.118. The molecule has 1 aliphatic rings. The summed E-state index contributed by atoms with van der Waals surface area (Å²) in [5.41, 5.74) is 4.41. The molecule has 0 saturated carbocycles. The molecular weight excluding hydrogens is 300 g/mol. The van der Waals surface area contributed by atoms with E-state index in [0.29, 0.717) is 6.54 Å². The maximum atomic E-state index is 12.5. The zero-order valence-corrected chi connectivity index (χ0v) is 14.2. The van der Waals surface area contributed by atoms with E-state index in [9.17, 15) is 4.79 Å². The van der Waals surface area contributed by atoms with Gasteiger partial charge < -0.3 is 10.6 Å². The smallest absolute Gasteiger partial charge is 0.238 e. The third-order valence-corrected chi connectivity index (χ3v) is 4.56. The van der Waals surface area contributed by atoms with Crippen molar-refractivity contribution in [2.45, 2.75) is 19.9 Å². The van der Waals surface area contributed by atoms with Crippen LogP contribution in [0.3, 0.4) is 0 Å². The molecule has 5 heteroatoms. The molecule has 1 fully saturated rings. The van der Waals surface area contributed by atoms with Crippen molar-refractivity contribution in [1.82, 2.24) is 15.2 Å². The highest BCUT2D eigenvalue weighted by Crippen LogP contribution is 2.21. The van der Waals surface area contributed by atoms with Gasteiger partial charge in [0, 0.05) is 43.8 Å².